The van der Waals surface area contributed by atoms with Crippen molar-refractivity contribution in [2.24, 2.45) is 0 Å². The molecule has 1 unspecified atom stereocenters. The maximum Gasteiger partial charge on any atom is 0.380 e. The Labute approximate surface area is 209 Å². The Hall–Kier alpha value is -2.34. The third-order valence-corrected chi connectivity index (χ3v) is 9.27. The summed E-state index contributed by atoms with van der Waals surface area (Å²) in [7, 11) is -5.19. The highest BCUT2D eigenvalue weighted by Crippen LogP contribution is 2.44. The zero-order valence-corrected chi connectivity index (χ0v) is 23.5. The minimum atomic E-state index is -3.86. The number of hydrogen-bond donors (Lipinski definition) is 1. The number of esters is 1. The van der Waals surface area contributed by atoms with E-state index in [4.69, 9.17) is 14.0 Å². The molecule has 1 atom stereocenters. The zero-order valence-electron chi connectivity index (χ0n) is 21.6. The van der Waals surface area contributed by atoms with E-state index in [0.29, 0.717) is 30.1 Å². The Balaban J connectivity index is 1.90. The van der Waals surface area contributed by atoms with Crippen LogP contribution in [0.4, 0.5) is 0 Å². The van der Waals surface area contributed by atoms with Gasteiger partial charge in [0, 0.05) is 19.2 Å². The number of carbonyl (C=O) groups is 1. The van der Waals surface area contributed by atoms with Crippen LogP contribution in [0.5, 0.6) is 11.5 Å². The summed E-state index contributed by atoms with van der Waals surface area (Å²) >= 11 is 0. The fourth-order valence-electron chi connectivity index (χ4n) is 4.27. The summed E-state index contributed by atoms with van der Waals surface area (Å²) in [4.78, 5) is 23.1. The highest BCUT2D eigenvalue weighted by atomic mass is 31.2. The molecule has 1 N–H and O–H groups in total. The molecule has 0 aliphatic carbocycles. The van der Waals surface area contributed by atoms with Crippen LogP contribution < -0.4 is 9.26 Å². The van der Waals surface area contributed by atoms with Crippen molar-refractivity contribution >= 4 is 21.6 Å². The molecule has 35 heavy (non-hydrogen) atoms. The Bertz CT molecular complexity index is 1150. The number of allylic oxidation sites excluding steroid dienone is 2. The third-order valence-electron chi connectivity index (χ3n) is 6.17. The van der Waals surface area contributed by atoms with Gasteiger partial charge in [-0.3, -0.25) is 0 Å². The van der Waals surface area contributed by atoms with E-state index in [1.165, 1.54) is 0 Å². The molecular formula is C27H37O6PSi. The average Bonchev–Trinajstić information content (AvgIpc) is 3.15. The van der Waals surface area contributed by atoms with Crippen molar-refractivity contribution in [3.8, 4) is 11.5 Å². The topological polar surface area (TPSA) is 82.1 Å². The monoisotopic (exact) mass is 516 g/mol. The van der Waals surface area contributed by atoms with Gasteiger partial charge in [-0.05, 0) is 56.0 Å². The number of ether oxygens (including phenoxy) is 2. The molecule has 8 heteroatoms. The van der Waals surface area contributed by atoms with Crippen LogP contribution in [-0.2, 0) is 28.8 Å². The van der Waals surface area contributed by atoms with Crippen LogP contribution in [-0.4, -0.2) is 31.7 Å². The highest BCUT2D eigenvalue weighted by molar-refractivity contribution is 7.53. The quantitative estimate of drug-likeness (QED) is 0.155. The van der Waals surface area contributed by atoms with E-state index in [9.17, 15) is 14.3 Å². The predicted molar refractivity (Wildman–Crippen MR) is 143 cm³/mol. The molecular weight excluding hydrogens is 479 g/mol. The van der Waals surface area contributed by atoms with Gasteiger partial charge in [0.2, 0.25) is 0 Å². The minimum Gasteiger partial charge on any atom is -0.493 e. The lowest BCUT2D eigenvalue weighted by atomic mass is 9.89. The Morgan fingerprint density at radius 3 is 2.51 bits per heavy atom. The molecule has 0 saturated carbocycles. The predicted octanol–water partition coefficient (Wildman–Crippen LogP) is 6.70. The molecule has 0 fully saturated rings. The highest BCUT2D eigenvalue weighted by Gasteiger charge is 2.32. The summed E-state index contributed by atoms with van der Waals surface area (Å²) in [6.45, 7) is 13.6. The van der Waals surface area contributed by atoms with E-state index in [1.807, 2.05) is 26.0 Å². The second-order valence-electron chi connectivity index (χ2n) is 10.3. The van der Waals surface area contributed by atoms with Crippen LogP contribution in [0.3, 0.4) is 0 Å². The molecule has 1 heterocycles. The fraction of sp³-hybridized carbons (Fsp3) is 0.444. The van der Waals surface area contributed by atoms with Crippen molar-refractivity contribution in [3.63, 3.8) is 0 Å². The lowest BCUT2D eigenvalue weighted by molar-refractivity contribution is 0.0532. The molecule has 1 aliphatic heterocycles. The van der Waals surface area contributed by atoms with E-state index in [0.717, 1.165) is 40.3 Å². The van der Waals surface area contributed by atoms with E-state index in [2.05, 4.69) is 26.6 Å². The van der Waals surface area contributed by atoms with Crippen molar-refractivity contribution in [1.29, 1.82) is 0 Å². The zero-order chi connectivity index (χ0) is 25.8. The van der Waals surface area contributed by atoms with Gasteiger partial charge in [0.1, 0.15) is 23.7 Å². The van der Waals surface area contributed by atoms with E-state index >= 15 is 0 Å². The maximum absolute atomic E-state index is 12.7. The number of benzene rings is 2. The van der Waals surface area contributed by atoms with E-state index < -0.39 is 15.7 Å². The van der Waals surface area contributed by atoms with Crippen LogP contribution in [0.1, 0.15) is 46.5 Å². The summed E-state index contributed by atoms with van der Waals surface area (Å²) in [5.74, 6) is 0.636. The van der Waals surface area contributed by atoms with Crippen molar-refractivity contribution in [1.82, 2.24) is 0 Å². The van der Waals surface area contributed by atoms with Crippen LogP contribution in [0.2, 0.25) is 25.7 Å². The maximum atomic E-state index is 12.7. The molecule has 0 saturated heterocycles. The van der Waals surface area contributed by atoms with Gasteiger partial charge in [0.25, 0.3) is 0 Å². The van der Waals surface area contributed by atoms with Gasteiger partial charge in [-0.2, -0.15) is 0 Å². The van der Waals surface area contributed by atoms with Gasteiger partial charge >= 0.3 is 13.6 Å². The van der Waals surface area contributed by atoms with Crippen LogP contribution in [0.25, 0.3) is 0 Å². The summed E-state index contributed by atoms with van der Waals surface area (Å²) in [5, 5.41) is 0. The van der Waals surface area contributed by atoms with Gasteiger partial charge in [0.15, 0.2) is 0 Å². The number of carbonyl (C=O) groups excluding carboxylic acids is 1. The van der Waals surface area contributed by atoms with E-state index in [-0.39, 0.29) is 18.7 Å². The van der Waals surface area contributed by atoms with Crippen LogP contribution >= 0.6 is 7.60 Å². The van der Waals surface area contributed by atoms with Crippen molar-refractivity contribution in [2.45, 2.75) is 65.9 Å². The smallest absolute Gasteiger partial charge is 0.380 e. The average molecular weight is 517 g/mol. The second kappa shape index (κ2) is 11.1. The molecule has 0 amide bonds. The van der Waals surface area contributed by atoms with Gasteiger partial charge in [0.05, 0.1) is 12.8 Å². The minimum absolute atomic E-state index is 0.0822. The number of hydrogen-bond acceptors (Lipinski definition) is 5. The molecule has 190 valence electrons. The van der Waals surface area contributed by atoms with Gasteiger partial charge in [-0.25, -0.2) is 9.36 Å². The second-order valence-corrected chi connectivity index (χ2v) is 17.7. The molecule has 2 aromatic rings. The molecule has 0 bridgehead atoms. The lowest BCUT2D eigenvalue weighted by Gasteiger charge is -2.22. The van der Waals surface area contributed by atoms with Crippen LogP contribution in [0.15, 0.2) is 42.0 Å². The number of cyclic esters (lactones) is 1. The first kappa shape index (κ1) is 27.2. The van der Waals surface area contributed by atoms with Gasteiger partial charge in [-0.15, -0.1) is 0 Å². The van der Waals surface area contributed by atoms with Crippen molar-refractivity contribution in [2.75, 3.05) is 12.8 Å². The Morgan fingerprint density at radius 1 is 1.20 bits per heavy atom. The molecule has 0 spiro atoms. The van der Waals surface area contributed by atoms with Crippen molar-refractivity contribution in [3.05, 3.63) is 69.8 Å². The summed E-state index contributed by atoms with van der Waals surface area (Å²) in [6.07, 6.45) is 3.13. The van der Waals surface area contributed by atoms with E-state index in [1.54, 1.807) is 24.3 Å². The van der Waals surface area contributed by atoms with Crippen molar-refractivity contribution < 1.29 is 28.3 Å². The lowest BCUT2D eigenvalue weighted by Crippen LogP contribution is -2.23. The Kier molecular flexibility index (Phi) is 8.68. The first-order chi connectivity index (χ1) is 16.4. The molecule has 0 aromatic heterocycles. The fourth-order valence-corrected chi connectivity index (χ4v) is 6.26. The SMILES string of the molecule is CCc1c(C)c2c(c(OCC[Si](C)(C)C)c1CC=C(C)CP(=O)(O)Oc1ccccc1)C(=O)OC2. The largest absolute Gasteiger partial charge is 0.493 e. The van der Waals surface area contributed by atoms with Gasteiger partial charge < -0.3 is 18.9 Å². The summed E-state index contributed by atoms with van der Waals surface area (Å²) in [6, 6.07) is 9.64. The third kappa shape index (κ3) is 7.09. The summed E-state index contributed by atoms with van der Waals surface area (Å²) in [5.41, 5.74) is 5.35. The number of fused-ring (bicyclic) bond motifs is 1. The molecule has 2 aromatic carbocycles. The van der Waals surface area contributed by atoms with Crippen LogP contribution in [0, 0.1) is 6.92 Å². The normalized spacial score (nSPS) is 15.4. The summed E-state index contributed by atoms with van der Waals surface area (Å²) < 4.78 is 29.7. The first-order valence-corrected chi connectivity index (χ1v) is 17.6. The number of rotatable bonds is 11. The molecule has 6 nitrogen and oxygen atoms in total. The molecule has 0 radical (unpaired) electrons. The number of para-hydroxylation sites is 1. The Morgan fingerprint density at radius 2 is 1.89 bits per heavy atom. The first-order valence-electron chi connectivity index (χ1n) is 12.1. The standard InChI is InChI=1S/C27H37O6PSi/c1-7-22-20(3)24-17-32-27(28)25(24)26(31-15-16-35(4,5)6)23(22)14-13-19(2)18-34(29,30)33-21-11-9-8-10-12-21/h8-13H,7,14-18H2,1-6H3,(H,29,30). The van der Waals surface area contributed by atoms with Gasteiger partial charge in [-0.1, -0.05) is 56.4 Å². The molecule has 1 aliphatic rings. The molecule has 3 rings (SSSR count).